The highest BCUT2D eigenvalue weighted by Crippen LogP contribution is 2.36. The van der Waals surface area contributed by atoms with Crippen LogP contribution in [0.25, 0.3) is 32.9 Å². The summed E-state index contributed by atoms with van der Waals surface area (Å²) in [5.74, 6) is 0.570. The lowest BCUT2D eigenvalue weighted by Crippen LogP contribution is -2.55. The van der Waals surface area contributed by atoms with Crippen LogP contribution < -0.4 is 9.64 Å². The van der Waals surface area contributed by atoms with E-state index in [0.717, 1.165) is 41.3 Å². The highest BCUT2D eigenvalue weighted by atomic mass is 35.5. The Bertz CT molecular complexity index is 1650. The molecule has 4 aromatic rings. The van der Waals surface area contributed by atoms with Crippen LogP contribution in [-0.2, 0) is 0 Å². The van der Waals surface area contributed by atoms with Crippen LogP contribution in [0, 0.1) is 11.3 Å². The molecule has 1 amide bonds. The molecule has 2 aromatic carbocycles. The third-order valence-corrected chi connectivity index (χ3v) is 8.41. The van der Waals surface area contributed by atoms with Crippen molar-refractivity contribution in [3.63, 3.8) is 0 Å². The van der Waals surface area contributed by atoms with E-state index in [9.17, 15) is 15.2 Å². The Morgan fingerprint density at radius 1 is 1.17 bits per heavy atom. The third kappa shape index (κ3) is 5.31. The van der Waals surface area contributed by atoms with Crippen LogP contribution in [0.4, 0.5) is 10.6 Å². The van der Waals surface area contributed by atoms with Gasteiger partial charge in [0.05, 0.1) is 24.0 Å². The minimum Gasteiger partial charge on any atom is -0.465 e. The SMILES string of the molecule is CN1CCC[C@H]1COc1nc(N2CCN(C(=O)O)[C@@H](CC#N)C2)c2ncc(-c3cccc4cccc(Cl)c34)cc2n1. The van der Waals surface area contributed by atoms with Crippen LogP contribution in [-0.4, -0.2) is 87.9 Å². The fourth-order valence-electron chi connectivity index (χ4n) is 5.89. The van der Waals surface area contributed by atoms with Gasteiger partial charge in [-0.3, -0.25) is 4.98 Å². The number of aromatic nitrogens is 3. The smallest absolute Gasteiger partial charge is 0.407 e. The molecule has 10 nitrogen and oxygen atoms in total. The number of amides is 1. The number of benzene rings is 2. The van der Waals surface area contributed by atoms with Crippen molar-refractivity contribution >= 4 is 45.3 Å². The second-order valence-electron chi connectivity index (χ2n) is 10.6. The van der Waals surface area contributed by atoms with E-state index >= 15 is 0 Å². The molecule has 41 heavy (non-hydrogen) atoms. The molecule has 0 saturated carbocycles. The number of hydrogen-bond acceptors (Lipinski definition) is 8. The summed E-state index contributed by atoms with van der Waals surface area (Å²) in [7, 11) is 2.09. The second kappa shape index (κ2) is 11.4. The predicted octanol–water partition coefficient (Wildman–Crippen LogP) is 5.05. The Balaban J connectivity index is 1.42. The van der Waals surface area contributed by atoms with Crippen LogP contribution in [0.5, 0.6) is 6.01 Å². The van der Waals surface area contributed by atoms with Crippen LogP contribution in [0.2, 0.25) is 5.02 Å². The molecule has 2 saturated heterocycles. The van der Waals surface area contributed by atoms with E-state index in [0.29, 0.717) is 47.6 Å². The lowest BCUT2D eigenvalue weighted by Gasteiger charge is -2.39. The number of hydrogen-bond donors (Lipinski definition) is 1. The number of carboxylic acid groups (broad SMARTS) is 1. The molecule has 0 spiro atoms. The van der Waals surface area contributed by atoms with Crippen molar-refractivity contribution in [2.75, 3.05) is 44.7 Å². The minimum atomic E-state index is -1.03. The number of halogens is 1. The number of likely N-dealkylation sites (tertiary alicyclic amines) is 1. The molecule has 0 bridgehead atoms. The molecule has 2 aliphatic heterocycles. The third-order valence-electron chi connectivity index (χ3n) is 8.09. The fourth-order valence-corrected chi connectivity index (χ4v) is 6.17. The summed E-state index contributed by atoms with van der Waals surface area (Å²) in [5.41, 5.74) is 3.01. The van der Waals surface area contributed by atoms with Gasteiger partial charge in [-0.25, -0.2) is 4.79 Å². The standard InChI is InChI=1S/C30H30ClN7O3/c1-36-12-4-7-22(36)18-41-29-34-25-15-20(23-8-2-5-19-6-3-9-24(31)26(19)23)16-33-27(25)28(35-29)37-13-14-38(30(39)40)21(17-37)10-11-32/h2-3,5-6,8-9,15-16,21-22H,4,7,10,12-14,17-18H2,1H3,(H,39,40)/t21-,22-/m0/s1. The van der Waals surface area contributed by atoms with Gasteiger partial charge in [-0.2, -0.15) is 15.2 Å². The molecule has 210 valence electrons. The Kier molecular flexibility index (Phi) is 7.47. The Morgan fingerprint density at radius 2 is 2.00 bits per heavy atom. The molecule has 0 radical (unpaired) electrons. The predicted molar refractivity (Wildman–Crippen MR) is 157 cm³/mol. The summed E-state index contributed by atoms with van der Waals surface area (Å²) in [5, 5.41) is 21.7. The lowest BCUT2D eigenvalue weighted by atomic mass is 9.99. The second-order valence-corrected chi connectivity index (χ2v) is 11.0. The molecule has 2 aromatic heterocycles. The summed E-state index contributed by atoms with van der Waals surface area (Å²) < 4.78 is 6.17. The van der Waals surface area contributed by atoms with Crippen molar-refractivity contribution in [3.05, 3.63) is 53.7 Å². The molecule has 1 N–H and O–H groups in total. The quantitative estimate of drug-likeness (QED) is 0.339. The first kappa shape index (κ1) is 27.0. The van der Waals surface area contributed by atoms with E-state index in [-0.39, 0.29) is 19.0 Å². The van der Waals surface area contributed by atoms with Crippen molar-refractivity contribution in [1.29, 1.82) is 5.26 Å². The van der Waals surface area contributed by atoms with E-state index < -0.39 is 12.1 Å². The van der Waals surface area contributed by atoms with Gasteiger partial charge in [0.1, 0.15) is 12.1 Å². The first-order valence-electron chi connectivity index (χ1n) is 13.7. The van der Waals surface area contributed by atoms with Crippen molar-refractivity contribution in [2.24, 2.45) is 0 Å². The maximum atomic E-state index is 11.8. The van der Waals surface area contributed by atoms with Crippen molar-refractivity contribution in [3.8, 4) is 23.2 Å². The van der Waals surface area contributed by atoms with Crippen LogP contribution >= 0.6 is 11.6 Å². The molecule has 2 fully saturated rings. The van der Waals surface area contributed by atoms with Crippen molar-refractivity contribution in [1.82, 2.24) is 24.8 Å². The molecule has 0 unspecified atom stereocenters. The lowest BCUT2D eigenvalue weighted by molar-refractivity contribution is 0.119. The number of ether oxygens (including phenoxy) is 1. The highest BCUT2D eigenvalue weighted by molar-refractivity contribution is 6.36. The van der Waals surface area contributed by atoms with Gasteiger partial charge in [-0.1, -0.05) is 41.9 Å². The zero-order valence-corrected chi connectivity index (χ0v) is 23.5. The molecule has 6 rings (SSSR count). The Hall–Kier alpha value is -4.20. The first-order chi connectivity index (χ1) is 19.9. The molecule has 0 aliphatic carbocycles. The number of rotatable bonds is 6. The van der Waals surface area contributed by atoms with Gasteiger partial charge >= 0.3 is 12.1 Å². The molecular formula is C30H30ClN7O3. The van der Waals surface area contributed by atoms with Crippen molar-refractivity contribution < 1.29 is 14.6 Å². The van der Waals surface area contributed by atoms with Gasteiger partial charge < -0.3 is 24.5 Å². The maximum Gasteiger partial charge on any atom is 0.407 e. The number of nitriles is 1. The van der Waals surface area contributed by atoms with E-state index in [1.54, 1.807) is 6.20 Å². The van der Waals surface area contributed by atoms with Gasteiger partial charge in [0.25, 0.3) is 0 Å². The number of nitrogens with zero attached hydrogens (tertiary/aromatic N) is 7. The van der Waals surface area contributed by atoms with Gasteiger partial charge in [-0.05, 0) is 49.5 Å². The average Bonchev–Trinajstić information content (AvgIpc) is 3.39. The highest BCUT2D eigenvalue weighted by Gasteiger charge is 2.32. The molecule has 11 heteroatoms. The Morgan fingerprint density at radius 3 is 2.76 bits per heavy atom. The van der Waals surface area contributed by atoms with E-state index in [1.165, 1.54) is 4.90 Å². The summed E-state index contributed by atoms with van der Waals surface area (Å²) in [6.07, 6.45) is 3.03. The molecular weight excluding hydrogens is 542 g/mol. The van der Waals surface area contributed by atoms with Crippen LogP contribution in [0.15, 0.2) is 48.7 Å². The minimum absolute atomic E-state index is 0.0859. The zero-order chi connectivity index (χ0) is 28.5. The number of pyridine rings is 1. The van der Waals surface area contributed by atoms with Gasteiger partial charge in [0.2, 0.25) is 0 Å². The monoisotopic (exact) mass is 571 g/mol. The van der Waals surface area contributed by atoms with Gasteiger partial charge in [0, 0.05) is 47.8 Å². The number of likely N-dealkylation sites (N-methyl/N-ethyl adjacent to an activating group) is 1. The summed E-state index contributed by atoms with van der Waals surface area (Å²) >= 11 is 6.63. The molecule has 2 aliphatic rings. The van der Waals surface area contributed by atoms with Crippen LogP contribution in [0.1, 0.15) is 19.3 Å². The van der Waals surface area contributed by atoms with Gasteiger partial charge in [-0.15, -0.1) is 0 Å². The largest absolute Gasteiger partial charge is 0.465 e. The summed E-state index contributed by atoms with van der Waals surface area (Å²) in [6, 6.07) is 16.0. The number of piperazine rings is 1. The Labute approximate surface area is 242 Å². The van der Waals surface area contributed by atoms with E-state index in [4.69, 9.17) is 31.3 Å². The van der Waals surface area contributed by atoms with Crippen LogP contribution in [0.3, 0.4) is 0 Å². The number of anilines is 1. The number of fused-ring (bicyclic) bond motifs is 2. The average molecular weight is 572 g/mol. The molecule has 4 heterocycles. The van der Waals surface area contributed by atoms with E-state index in [2.05, 4.69) is 18.0 Å². The molecule has 2 atom stereocenters. The maximum absolute atomic E-state index is 11.8. The van der Waals surface area contributed by atoms with E-state index in [1.807, 2.05) is 47.4 Å². The topological polar surface area (TPSA) is 119 Å². The van der Waals surface area contributed by atoms with Gasteiger partial charge in [0.15, 0.2) is 5.82 Å². The summed E-state index contributed by atoms with van der Waals surface area (Å²) in [6.45, 7) is 2.49. The number of carbonyl (C=O) groups is 1. The first-order valence-corrected chi connectivity index (χ1v) is 14.1. The normalized spacial score (nSPS) is 19.5. The zero-order valence-electron chi connectivity index (χ0n) is 22.7. The summed E-state index contributed by atoms with van der Waals surface area (Å²) in [4.78, 5) is 31.8. The fraction of sp³-hybridized carbons (Fsp3) is 0.367. The van der Waals surface area contributed by atoms with Crippen molar-refractivity contribution in [2.45, 2.75) is 31.3 Å².